The number of hydrogen-bond donors (Lipinski definition) is 1. The number of amides is 2. The SMILES string of the molecule is Cc1ccc(C(F)(F)F)cc1N1CC(C(N)=O)CC1=O. The smallest absolute Gasteiger partial charge is 0.369 e. The summed E-state index contributed by atoms with van der Waals surface area (Å²) in [4.78, 5) is 24.1. The monoisotopic (exact) mass is 286 g/mol. The van der Waals surface area contributed by atoms with Crippen LogP contribution in [0.5, 0.6) is 0 Å². The molecule has 0 radical (unpaired) electrons. The molecule has 1 aliphatic rings. The van der Waals surface area contributed by atoms with Gasteiger partial charge in [-0.3, -0.25) is 9.59 Å². The van der Waals surface area contributed by atoms with Crippen molar-refractivity contribution < 1.29 is 22.8 Å². The van der Waals surface area contributed by atoms with Gasteiger partial charge >= 0.3 is 6.18 Å². The summed E-state index contributed by atoms with van der Waals surface area (Å²) in [6.45, 7) is 1.64. The first-order valence-electron chi connectivity index (χ1n) is 5.97. The number of halogens is 3. The lowest BCUT2D eigenvalue weighted by Gasteiger charge is -2.20. The molecular formula is C13H13F3N2O2. The first-order valence-corrected chi connectivity index (χ1v) is 5.97. The molecule has 7 heteroatoms. The molecule has 2 rings (SSSR count). The Morgan fingerprint density at radius 2 is 2.05 bits per heavy atom. The van der Waals surface area contributed by atoms with Crippen LogP contribution in [0.2, 0.25) is 0 Å². The minimum absolute atomic E-state index is 0.0241. The molecule has 4 nitrogen and oxygen atoms in total. The zero-order chi connectivity index (χ0) is 15.1. The van der Waals surface area contributed by atoms with Gasteiger partial charge in [0.25, 0.3) is 0 Å². The summed E-state index contributed by atoms with van der Waals surface area (Å²) in [5, 5.41) is 0. The van der Waals surface area contributed by atoms with E-state index >= 15 is 0 Å². The minimum Gasteiger partial charge on any atom is -0.369 e. The molecule has 1 fully saturated rings. The number of aryl methyl sites for hydroxylation is 1. The number of carbonyl (C=O) groups excluding carboxylic acids is 2. The third kappa shape index (κ3) is 2.61. The number of nitrogens with two attached hydrogens (primary N) is 1. The highest BCUT2D eigenvalue weighted by molar-refractivity contribution is 6.00. The van der Waals surface area contributed by atoms with E-state index in [4.69, 9.17) is 5.73 Å². The van der Waals surface area contributed by atoms with E-state index in [0.29, 0.717) is 5.56 Å². The van der Waals surface area contributed by atoms with Crippen LogP contribution in [0.25, 0.3) is 0 Å². The highest BCUT2D eigenvalue weighted by Gasteiger charge is 2.36. The molecule has 1 unspecified atom stereocenters. The summed E-state index contributed by atoms with van der Waals surface area (Å²) in [6, 6.07) is 3.20. The van der Waals surface area contributed by atoms with Crippen LogP contribution in [0, 0.1) is 12.8 Å². The van der Waals surface area contributed by atoms with Crippen LogP contribution in [0.1, 0.15) is 17.5 Å². The van der Waals surface area contributed by atoms with Crippen LogP contribution in [0.4, 0.5) is 18.9 Å². The molecule has 1 heterocycles. The normalized spacial score (nSPS) is 19.5. The topological polar surface area (TPSA) is 63.4 Å². The van der Waals surface area contributed by atoms with Gasteiger partial charge in [-0.15, -0.1) is 0 Å². The molecule has 0 saturated carbocycles. The van der Waals surface area contributed by atoms with Crippen LogP contribution in [-0.2, 0) is 15.8 Å². The summed E-state index contributed by atoms with van der Waals surface area (Å²) < 4.78 is 38.1. The van der Waals surface area contributed by atoms with Crippen molar-refractivity contribution >= 4 is 17.5 Å². The van der Waals surface area contributed by atoms with E-state index in [1.807, 2.05) is 0 Å². The van der Waals surface area contributed by atoms with Gasteiger partial charge in [0.15, 0.2) is 0 Å². The summed E-state index contributed by atoms with van der Waals surface area (Å²) >= 11 is 0. The van der Waals surface area contributed by atoms with E-state index in [1.165, 1.54) is 11.0 Å². The highest BCUT2D eigenvalue weighted by atomic mass is 19.4. The molecule has 2 N–H and O–H groups in total. The van der Waals surface area contributed by atoms with Gasteiger partial charge in [-0.25, -0.2) is 0 Å². The maximum atomic E-state index is 12.7. The van der Waals surface area contributed by atoms with E-state index in [0.717, 1.165) is 12.1 Å². The van der Waals surface area contributed by atoms with Gasteiger partial charge in [-0.2, -0.15) is 13.2 Å². The number of benzene rings is 1. The lowest BCUT2D eigenvalue weighted by molar-refractivity contribution is -0.137. The Hall–Kier alpha value is -2.05. The van der Waals surface area contributed by atoms with E-state index in [2.05, 4.69) is 0 Å². The second-order valence-electron chi connectivity index (χ2n) is 4.81. The Morgan fingerprint density at radius 3 is 2.55 bits per heavy atom. The average Bonchev–Trinajstić information content (AvgIpc) is 2.70. The summed E-state index contributed by atoms with van der Waals surface area (Å²) in [5.41, 5.74) is 5.03. The van der Waals surface area contributed by atoms with Crippen molar-refractivity contribution in [3.05, 3.63) is 29.3 Å². The molecular weight excluding hydrogens is 273 g/mol. The Morgan fingerprint density at radius 1 is 1.40 bits per heavy atom. The number of anilines is 1. The van der Waals surface area contributed by atoms with Crippen LogP contribution in [-0.4, -0.2) is 18.4 Å². The van der Waals surface area contributed by atoms with Crippen molar-refractivity contribution in [2.24, 2.45) is 11.7 Å². The molecule has 2 amide bonds. The van der Waals surface area contributed by atoms with E-state index < -0.39 is 29.5 Å². The fourth-order valence-electron chi connectivity index (χ4n) is 2.21. The maximum Gasteiger partial charge on any atom is 0.416 e. The van der Waals surface area contributed by atoms with E-state index in [9.17, 15) is 22.8 Å². The summed E-state index contributed by atoms with van der Waals surface area (Å²) in [7, 11) is 0. The molecule has 0 aromatic heterocycles. The third-order valence-corrected chi connectivity index (χ3v) is 3.35. The number of carbonyl (C=O) groups is 2. The van der Waals surface area contributed by atoms with Gasteiger partial charge in [-0.1, -0.05) is 6.07 Å². The number of alkyl halides is 3. The molecule has 1 aromatic rings. The zero-order valence-corrected chi connectivity index (χ0v) is 10.7. The molecule has 1 atom stereocenters. The number of rotatable bonds is 2. The van der Waals surface area contributed by atoms with Crippen LogP contribution in [0.15, 0.2) is 18.2 Å². The highest BCUT2D eigenvalue weighted by Crippen LogP contribution is 2.35. The molecule has 20 heavy (non-hydrogen) atoms. The van der Waals surface area contributed by atoms with Crippen molar-refractivity contribution in [1.29, 1.82) is 0 Å². The molecule has 0 aliphatic carbocycles. The van der Waals surface area contributed by atoms with E-state index in [-0.39, 0.29) is 18.7 Å². The number of nitrogens with zero attached hydrogens (tertiary/aromatic N) is 1. The van der Waals surface area contributed by atoms with Gasteiger partial charge in [0.05, 0.1) is 11.5 Å². The predicted molar refractivity (Wildman–Crippen MR) is 65.8 cm³/mol. The zero-order valence-electron chi connectivity index (χ0n) is 10.7. The molecule has 1 aromatic carbocycles. The van der Waals surface area contributed by atoms with Crippen LogP contribution >= 0.6 is 0 Å². The fourth-order valence-corrected chi connectivity index (χ4v) is 2.21. The van der Waals surface area contributed by atoms with Gasteiger partial charge in [0.1, 0.15) is 0 Å². The van der Waals surface area contributed by atoms with Gasteiger partial charge in [0, 0.05) is 18.7 Å². The minimum atomic E-state index is -4.48. The molecule has 1 aliphatic heterocycles. The lowest BCUT2D eigenvalue weighted by Crippen LogP contribution is -2.29. The lowest BCUT2D eigenvalue weighted by atomic mass is 10.1. The third-order valence-electron chi connectivity index (χ3n) is 3.35. The fraction of sp³-hybridized carbons (Fsp3) is 0.385. The molecule has 1 saturated heterocycles. The average molecular weight is 286 g/mol. The largest absolute Gasteiger partial charge is 0.416 e. The predicted octanol–water partition coefficient (Wildman–Crippen LogP) is 1.85. The van der Waals surface area contributed by atoms with Crippen molar-refractivity contribution in [2.75, 3.05) is 11.4 Å². The van der Waals surface area contributed by atoms with Crippen molar-refractivity contribution in [1.82, 2.24) is 0 Å². The van der Waals surface area contributed by atoms with Crippen LogP contribution in [0.3, 0.4) is 0 Å². The molecule has 0 bridgehead atoms. The van der Waals surface area contributed by atoms with Crippen molar-refractivity contribution in [2.45, 2.75) is 19.5 Å². The van der Waals surface area contributed by atoms with Crippen molar-refractivity contribution in [3.8, 4) is 0 Å². The first-order chi connectivity index (χ1) is 9.20. The van der Waals surface area contributed by atoms with E-state index in [1.54, 1.807) is 6.92 Å². The summed E-state index contributed by atoms with van der Waals surface area (Å²) in [6.07, 6.45) is -4.54. The molecule has 108 valence electrons. The molecule has 0 spiro atoms. The maximum absolute atomic E-state index is 12.7. The Labute approximate surface area is 113 Å². The van der Waals surface area contributed by atoms with Crippen LogP contribution < -0.4 is 10.6 Å². The Bertz CT molecular complexity index is 569. The Balaban J connectivity index is 2.38. The quantitative estimate of drug-likeness (QED) is 0.901. The van der Waals surface area contributed by atoms with Gasteiger partial charge in [-0.05, 0) is 24.6 Å². The number of primary amides is 1. The van der Waals surface area contributed by atoms with Gasteiger partial charge in [0.2, 0.25) is 11.8 Å². The van der Waals surface area contributed by atoms with Crippen molar-refractivity contribution in [3.63, 3.8) is 0 Å². The first kappa shape index (κ1) is 14.4. The second-order valence-corrected chi connectivity index (χ2v) is 4.81. The van der Waals surface area contributed by atoms with Gasteiger partial charge < -0.3 is 10.6 Å². The second kappa shape index (κ2) is 4.81. The standard InChI is InChI=1S/C13H13F3N2O2/c1-7-2-3-9(13(14,15)16)5-10(7)18-6-8(12(17)20)4-11(18)19/h2-3,5,8H,4,6H2,1H3,(H2,17,20). The number of hydrogen-bond acceptors (Lipinski definition) is 2. The Kier molecular flexibility index (Phi) is 3.45. The summed E-state index contributed by atoms with van der Waals surface area (Å²) in [5.74, 6) is -1.67.